The highest BCUT2D eigenvalue weighted by molar-refractivity contribution is 5.76. The predicted molar refractivity (Wildman–Crippen MR) is 54.7 cm³/mol. The molecule has 0 spiro atoms. The molecule has 15 heavy (non-hydrogen) atoms. The molecule has 86 valence electrons. The summed E-state index contributed by atoms with van der Waals surface area (Å²) >= 11 is 0. The van der Waals surface area contributed by atoms with Gasteiger partial charge in [-0.1, -0.05) is 0 Å². The molecule has 6 heteroatoms. The number of urea groups is 1. The Labute approximate surface area is 88.9 Å². The lowest BCUT2D eigenvalue weighted by Crippen LogP contribution is -2.44. The lowest BCUT2D eigenvalue weighted by molar-refractivity contribution is -0.107. The molecule has 1 saturated heterocycles. The van der Waals surface area contributed by atoms with Gasteiger partial charge in [0.2, 0.25) is 0 Å². The molecule has 0 saturated carbocycles. The number of hydrogen-bond donors (Lipinski definition) is 2. The lowest BCUT2D eigenvalue weighted by Gasteiger charge is -2.26. The van der Waals surface area contributed by atoms with E-state index in [1.807, 2.05) is 0 Å². The summed E-state index contributed by atoms with van der Waals surface area (Å²) in [6.45, 7) is 4.82. The van der Waals surface area contributed by atoms with Crippen molar-refractivity contribution < 1.29 is 14.3 Å². The zero-order valence-electron chi connectivity index (χ0n) is 8.70. The van der Waals surface area contributed by atoms with Crippen molar-refractivity contribution in [3.63, 3.8) is 0 Å². The van der Waals surface area contributed by atoms with Crippen LogP contribution in [0.5, 0.6) is 0 Å². The average molecular weight is 215 g/mol. The highest BCUT2D eigenvalue weighted by Crippen LogP contribution is 1.94. The quantitative estimate of drug-likeness (QED) is 0.566. The molecule has 0 aromatic heterocycles. The Balaban J connectivity index is 1.99. The zero-order valence-corrected chi connectivity index (χ0v) is 8.70. The molecule has 2 N–H and O–H groups in total. The maximum Gasteiger partial charge on any atom is 0.315 e. The first-order valence-electron chi connectivity index (χ1n) is 5.08. The van der Waals surface area contributed by atoms with Crippen LogP contribution in [0.3, 0.4) is 0 Å². The van der Waals surface area contributed by atoms with E-state index in [9.17, 15) is 9.59 Å². The molecular weight excluding hydrogens is 198 g/mol. The highest BCUT2D eigenvalue weighted by Gasteiger charge is 2.09. The van der Waals surface area contributed by atoms with Crippen LogP contribution in [0, 0.1) is 0 Å². The minimum absolute atomic E-state index is 0.0589. The standard InChI is InChI=1S/C9H17N3O3/c13-6-2-11-9(14)10-1-3-12-4-7-15-8-5-12/h6H,1-5,7-8H2,(H2,10,11,14). The maximum atomic E-state index is 11.0. The Morgan fingerprint density at radius 3 is 2.73 bits per heavy atom. The fourth-order valence-corrected chi connectivity index (χ4v) is 1.35. The molecule has 1 aliphatic rings. The van der Waals surface area contributed by atoms with Gasteiger partial charge in [-0.05, 0) is 0 Å². The first-order chi connectivity index (χ1) is 7.33. The summed E-state index contributed by atoms with van der Waals surface area (Å²) in [6.07, 6.45) is 0.654. The second-order valence-corrected chi connectivity index (χ2v) is 3.26. The zero-order chi connectivity index (χ0) is 10.9. The van der Waals surface area contributed by atoms with Crippen LogP contribution in [0.15, 0.2) is 0 Å². The van der Waals surface area contributed by atoms with Gasteiger partial charge in [-0.25, -0.2) is 4.79 Å². The minimum Gasteiger partial charge on any atom is -0.379 e. The summed E-state index contributed by atoms with van der Waals surface area (Å²) in [4.78, 5) is 23.2. The number of hydrogen-bond acceptors (Lipinski definition) is 4. The number of rotatable bonds is 5. The van der Waals surface area contributed by atoms with E-state index in [2.05, 4.69) is 15.5 Å². The Kier molecular flexibility index (Phi) is 5.72. The number of aldehydes is 1. The largest absolute Gasteiger partial charge is 0.379 e. The van der Waals surface area contributed by atoms with Gasteiger partial charge in [0, 0.05) is 26.2 Å². The van der Waals surface area contributed by atoms with Crippen LogP contribution in [0.1, 0.15) is 0 Å². The maximum absolute atomic E-state index is 11.0. The van der Waals surface area contributed by atoms with Crippen LogP contribution in [-0.2, 0) is 9.53 Å². The van der Waals surface area contributed by atoms with Gasteiger partial charge in [0.1, 0.15) is 6.29 Å². The first-order valence-corrected chi connectivity index (χ1v) is 5.08. The molecule has 0 atom stereocenters. The average Bonchev–Trinajstić information content (AvgIpc) is 2.28. The van der Waals surface area contributed by atoms with E-state index in [1.54, 1.807) is 0 Å². The molecule has 0 unspecified atom stereocenters. The summed E-state index contributed by atoms with van der Waals surface area (Å²) in [7, 11) is 0. The topological polar surface area (TPSA) is 70.7 Å². The van der Waals surface area contributed by atoms with Gasteiger partial charge in [-0.2, -0.15) is 0 Å². The van der Waals surface area contributed by atoms with Gasteiger partial charge in [0.15, 0.2) is 0 Å². The molecule has 1 fully saturated rings. The highest BCUT2D eigenvalue weighted by atomic mass is 16.5. The van der Waals surface area contributed by atoms with Crippen molar-refractivity contribution in [3.8, 4) is 0 Å². The molecule has 1 heterocycles. The van der Waals surface area contributed by atoms with Crippen LogP contribution < -0.4 is 10.6 Å². The van der Waals surface area contributed by atoms with E-state index >= 15 is 0 Å². The fourth-order valence-electron chi connectivity index (χ4n) is 1.35. The summed E-state index contributed by atoms with van der Waals surface area (Å²) in [6, 6.07) is -0.296. The van der Waals surface area contributed by atoms with Crippen LogP contribution in [0.25, 0.3) is 0 Å². The minimum atomic E-state index is -0.296. The number of amides is 2. The second-order valence-electron chi connectivity index (χ2n) is 3.26. The number of carbonyl (C=O) groups is 2. The van der Waals surface area contributed by atoms with Crippen molar-refractivity contribution in [1.29, 1.82) is 0 Å². The molecule has 6 nitrogen and oxygen atoms in total. The predicted octanol–water partition coefficient (Wildman–Crippen LogP) is -1.18. The van der Waals surface area contributed by atoms with Crippen molar-refractivity contribution in [2.75, 3.05) is 45.9 Å². The van der Waals surface area contributed by atoms with Crippen LogP contribution in [0.4, 0.5) is 4.79 Å². The molecule has 0 aromatic rings. The summed E-state index contributed by atoms with van der Waals surface area (Å²) in [5.74, 6) is 0. The van der Waals surface area contributed by atoms with E-state index in [0.29, 0.717) is 12.8 Å². The van der Waals surface area contributed by atoms with E-state index in [4.69, 9.17) is 4.74 Å². The van der Waals surface area contributed by atoms with E-state index in [1.165, 1.54) is 0 Å². The van der Waals surface area contributed by atoms with Crippen molar-refractivity contribution in [2.45, 2.75) is 0 Å². The normalized spacial score (nSPS) is 17.1. The Morgan fingerprint density at radius 2 is 2.07 bits per heavy atom. The number of carbonyl (C=O) groups excluding carboxylic acids is 2. The molecule has 2 amide bonds. The van der Waals surface area contributed by atoms with Crippen LogP contribution in [0.2, 0.25) is 0 Å². The SMILES string of the molecule is O=CCNC(=O)NCCN1CCOCC1. The Hall–Kier alpha value is -1.14. The van der Waals surface area contributed by atoms with E-state index < -0.39 is 0 Å². The van der Waals surface area contributed by atoms with Gasteiger partial charge >= 0.3 is 6.03 Å². The van der Waals surface area contributed by atoms with Gasteiger partial charge in [-0.3, -0.25) is 4.90 Å². The Morgan fingerprint density at radius 1 is 1.33 bits per heavy atom. The van der Waals surface area contributed by atoms with Crippen molar-refractivity contribution in [2.24, 2.45) is 0 Å². The van der Waals surface area contributed by atoms with Crippen molar-refractivity contribution in [3.05, 3.63) is 0 Å². The third kappa shape index (κ3) is 5.34. The molecule has 0 aliphatic carbocycles. The summed E-state index contributed by atoms with van der Waals surface area (Å²) in [5, 5.41) is 5.08. The number of ether oxygens (including phenoxy) is 1. The third-order valence-electron chi connectivity index (χ3n) is 2.16. The van der Waals surface area contributed by atoms with Crippen molar-refractivity contribution in [1.82, 2.24) is 15.5 Å². The monoisotopic (exact) mass is 215 g/mol. The molecule has 0 aromatic carbocycles. The van der Waals surface area contributed by atoms with Gasteiger partial charge in [-0.15, -0.1) is 0 Å². The fraction of sp³-hybridized carbons (Fsp3) is 0.778. The smallest absolute Gasteiger partial charge is 0.315 e. The van der Waals surface area contributed by atoms with Crippen molar-refractivity contribution >= 4 is 12.3 Å². The number of nitrogens with one attached hydrogen (secondary N) is 2. The number of morpholine rings is 1. The molecular formula is C9H17N3O3. The molecule has 1 aliphatic heterocycles. The van der Waals surface area contributed by atoms with Crippen LogP contribution >= 0.6 is 0 Å². The van der Waals surface area contributed by atoms with E-state index in [0.717, 1.165) is 32.8 Å². The lowest BCUT2D eigenvalue weighted by atomic mass is 10.4. The summed E-state index contributed by atoms with van der Waals surface area (Å²) < 4.78 is 5.20. The number of nitrogens with zero attached hydrogens (tertiary/aromatic N) is 1. The molecule has 0 bridgehead atoms. The van der Waals surface area contributed by atoms with Crippen LogP contribution in [-0.4, -0.2) is 63.2 Å². The first kappa shape index (κ1) is 11.9. The second kappa shape index (κ2) is 7.19. The summed E-state index contributed by atoms with van der Waals surface area (Å²) in [5.41, 5.74) is 0. The van der Waals surface area contributed by atoms with Gasteiger partial charge in [0.25, 0.3) is 0 Å². The van der Waals surface area contributed by atoms with E-state index in [-0.39, 0.29) is 12.6 Å². The molecule has 0 radical (unpaired) electrons. The Bertz CT molecular complexity index is 205. The van der Waals surface area contributed by atoms with Gasteiger partial charge in [0.05, 0.1) is 19.8 Å². The molecule has 1 rings (SSSR count). The van der Waals surface area contributed by atoms with Gasteiger partial charge < -0.3 is 20.2 Å². The third-order valence-corrected chi connectivity index (χ3v) is 2.16.